The Morgan fingerprint density at radius 1 is 1.28 bits per heavy atom. The van der Waals surface area contributed by atoms with Crippen LogP contribution in [0, 0.1) is 0 Å². The van der Waals surface area contributed by atoms with Crippen LogP contribution in [0.3, 0.4) is 0 Å². The van der Waals surface area contributed by atoms with Crippen molar-refractivity contribution in [1.82, 2.24) is 5.43 Å². The van der Waals surface area contributed by atoms with Crippen LogP contribution in [0.4, 0.5) is 0 Å². The topological polar surface area (TPSA) is 73.6 Å². The molecular weight excluding hydrogens is 232 g/mol. The van der Waals surface area contributed by atoms with Gasteiger partial charge in [0, 0.05) is 6.42 Å². The summed E-state index contributed by atoms with van der Waals surface area (Å²) in [7, 11) is 0. The van der Waals surface area contributed by atoms with E-state index in [2.05, 4.69) is 12.0 Å². The van der Waals surface area contributed by atoms with Crippen molar-refractivity contribution in [3.8, 4) is 0 Å². The molecule has 0 unspecified atom stereocenters. The number of rotatable bonds is 8. The lowest BCUT2D eigenvalue weighted by atomic mass is 10.2. The van der Waals surface area contributed by atoms with E-state index in [4.69, 9.17) is 15.3 Å². The Labute approximate surface area is 107 Å². The fourth-order valence-corrected chi connectivity index (χ4v) is 1.26. The van der Waals surface area contributed by atoms with Crippen LogP contribution in [0.25, 0.3) is 0 Å². The highest BCUT2D eigenvalue weighted by atomic mass is 16.5. The summed E-state index contributed by atoms with van der Waals surface area (Å²) < 4.78 is 10.2. The number of carbonyl (C=O) groups is 1. The maximum atomic E-state index is 11.4. The number of nitrogens with two attached hydrogens (primary N) is 1. The van der Waals surface area contributed by atoms with Gasteiger partial charge in [-0.25, -0.2) is 5.84 Å². The van der Waals surface area contributed by atoms with Crippen molar-refractivity contribution >= 4 is 5.97 Å². The molecule has 1 aromatic carbocycles. The van der Waals surface area contributed by atoms with Crippen molar-refractivity contribution in [3.05, 3.63) is 48.4 Å². The normalized spacial score (nSPS) is 9.61. The van der Waals surface area contributed by atoms with Crippen LogP contribution in [0.1, 0.15) is 18.4 Å². The molecule has 0 heterocycles. The summed E-state index contributed by atoms with van der Waals surface area (Å²) in [5.41, 5.74) is 3.24. The van der Waals surface area contributed by atoms with Crippen molar-refractivity contribution in [2.75, 3.05) is 6.61 Å². The van der Waals surface area contributed by atoms with E-state index in [9.17, 15) is 4.79 Å². The lowest BCUT2D eigenvalue weighted by Gasteiger charge is -2.07. The van der Waals surface area contributed by atoms with Gasteiger partial charge in [-0.15, -0.1) is 0 Å². The third-order valence-corrected chi connectivity index (χ3v) is 2.21. The third-order valence-electron chi connectivity index (χ3n) is 2.21. The van der Waals surface area contributed by atoms with Gasteiger partial charge in [-0.3, -0.25) is 10.2 Å². The van der Waals surface area contributed by atoms with Gasteiger partial charge in [-0.05, 0) is 18.6 Å². The number of hydrogen-bond donors (Lipinski definition) is 2. The van der Waals surface area contributed by atoms with Crippen LogP contribution >= 0.6 is 0 Å². The first-order valence-corrected chi connectivity index (χ1v) is 5.70. The number of nitrogens with one attached hydrogen (secondary N) is 1. The molecule has 0 radical (unpaired) electrons. The van der Waals surface area contributed by atoms with E-state index < -0.39 is 0 Å². The Bertz CT molecular complexity index is 379. The molecule has 3 N–H and O–H groups in total. The van der Waals surface area contributed by atoms with Gasteiger partial charge in [0.15, 0.2) is 5.88 Å². The maximum absolute atomic E-state index is 11.4. The Morgan fingerprint density at radius 2 is 2.00 bits per heavy atom. The average molecular weight is 250 g/mol. The van der Waals surface area contributed by atoms with Crippen LogP contribution in [-0.4, -0.2) is 12.6 Å². The van der Waals surface area contributed by atoms with Gasteiger partial charge in [-0.2, -0.15) is 0 Å². The number of esters is 1. The first kappa shape index (κ1) is 14.1. The molecule has 0 saturated heterocycles. The monoisotopic (exact) mass is 250 g/mol. The molecule has 98 valence electrons. The van der Waals surface area contributed by atoms with Crippen molar-refractivity contribution in [3.63, 3.8) is 0 Å². The van der Waals surface area contributed by atoms with Crippen molar-refractivity contribution in [2.45, 2.75) is 19.4 Å². The molecule has 1 rings (SSSR count). The number of benzene rings is 1. The number of carbonyl (C=O) groups excluding carboxylic acids is 1. The zero-order chi connectivity index (χ0) is 13.2. The smallest absolute Gasteiger partial charge is 0.306 e. The predicted octanol–water partition coefficient (Wildman–Crippen LogP) is 1.46. The summed E-state index contributed by atoms with van der Waals surface area (Å²) in [6.07, 6.45) is 0.874. The predicted molar refractivity (Wildman–Crippen MR) is 67.9 cm³/mol. The van der Waals surface area contributed by atoms with Crippen LogP contribution < -0.4 is 11.3 Å². The van der Waals surface area contributed by atoms with Crippen LogP contribution in [-0.2, 0) is 20.9 Å². The second-order valence-corrected chi connectivity index (χ2v) is 3.67. The van der Waals surface area contributed by atoms with Gasteiger partial charge in [0.2, 0.25) is 0 Å². The number of hydrazine groups is 1. The minimum Gasteiger partial charge on any atom is -0.479 e. The first-order valence-electron chi connectivity index (χ1n) is 5.70. The first-order chi connectivity index (χ1) is 8.72. The SMILES string of the molecule is C=C(NN)OCCCC(=O)OCc1ccccc1. The maximum Gasteiger partial charge on any atom is 0.306 e. The molecule has 0 bridgehead atoms. The largest absolute Gasteiger partial charge is 0.479 e. The van der Waals surface area contributed by atoms with E-state index in [0.29, 0.717) is 26.1 Å². The van der Waals surface area contributed by atoms with Gasteiger partial charge in [0.1, 0.15) is 6.61 Å². The molecule has 0 spiro atoms. The second kappa shape index (κ2) is 8.14. The van der Waals surface area contributed by atoms with Crippen molar-refractivity contribution < 1.29 is 14.3 Å². The molecule has 0 amide bonds. The third kappa shape index (κ3) is 5.91. The second-order valence-electron chi connectivity index (χ2n) is 3.67. The zero-order valence-corrected chi connectivity index (χ0v) is 10.2. The Balaban J connectivity index is 2.09. The van der Waals surface area contributed by atoms with E-state index in [0.717, 1.165) is 5.56 Å². The molecule has 5 nitrogen and oxygen atoms in total. The van der Waals surface area contributed by atoms with Crippen LogP contribution in [0.15, 0.2) is 42.8 Å². The lowest BCUT2D eigenvalue weighted by Crippen LogP contribution is -2.22. The van der Waals surface area contributed by atoms with Crippen molar-refractivity contribution in [1.29, 1.82) is 0 Å². The Hall–Kier alpha value is -2.01. The molecule has 18 heavy (non-hydrogen) atoms. The van der Waals surface area contributed by atoms with E-state index in [1.165, 1.54) is 0 Å². The summed E-state index contributed by atoms with van der Waals surface area (Å²) >= 11 is 0. The highest BCUT2D eigenvalue weighted by Crippen LogP contribution is 2.03. The Kier molecular flexibility index (Phi) is 6.35. The van der Waals surface area contributed by atoms with Gasteiger partial charge in [-0.1, -0.05) is 30.3 Å². The summed E-state index contributed by atoms with van der Waals surface area (Å²) in [5, 5.41) is 0. The molecule has 0 aromatic heterocycles. The zero-order valence-electron chi connectivity index (χ0n) is 10.2. The van der Waals surface area contributed by atoms with Crippen LogP contribution in [0.5, 0.6) is 0 Å². The van der Waals surface area contributed by atoms with E-state index in [-0.39, 0.29) is 11.9 Å². The van der Waals surface area contributed by atoms with E-state index in [1.54, 1.807) is 0 Å². The molecule has 0 saturated carbocycles. The van der Waals surface area contributed by atoms with E-state index >= 15 is 0 Å². The summed E-state index contributed by atoms with van der Waals surface area (Å²) in [6, 6.07) is 9.55. The molecule has 0 aliphatic heterocycles. The van der Waals surface area contributed by atoms with E-state index in [1.807, 2.05) is 30.3 Å². The fourth-order valence-electron chi connectivity index (χ4n) is 1.26. The van der Waals surface area contributed by atoms with Gasteiger partial charge >= 0.3 is 5.97 Å². The summed E-state index contributed by atoms with van der Waals surface area (Å²) in [4.78, 5) is 11.4. The van der Waals surface area contributed by atoms with Gasteiger partial charge in [0.05, 0.1) is 6.61 Å². The molecular formula is C13H18N2O3. The minimum atomic E-state index is -0.242. The molecule has 0 fully saturated rings. The molecule has 0 aliphatic carbocycles. The van der Waals surface area contributed by atoms with Crippen LogP contribution in [0.2, 0.25) is 0 Å². The van der Waals surface area contributed by atoms with Gasteiger partial charge in [0.25, 0.3) is 0 Å². The fraction of sp³-hybridized carbons (Fsp3) is 0.308. The lowest BCUT2D eigenvalue weighted by molar-refractivity contribution is -0.145. The molecule has 5 heteroatoms. The quantitative estimate of drug-likeness (QED) is 0.240. The highest BCUT2D eigenvalue weighted by molar-refractivity contribution is 5.69. The number of hydrogen-bond acceptors (Lipinski definition) is 5. The minimum absolute atomic E-state index is 0.242. The summed E-state index contributed by atoms with van der Waals surface area (Å²) in [6.45, 7) is 4.17. The number of ether oxygens (including phenoxy) is 2. The van der Waals surface area contributed by atoms with Crippen molar-refractivity contribution in [2.24, 2.45) is 5.84 Å². The highest BCUT2D eigenvalue weighted by Gasteiger charge is 2.03. The average Bonchev–Trinajstić information content (AvgIpc) is 2.42. The standard InChI is InChI=1S/C13H18N2O3/c1-11(15-14)17-9-5-8-13(16)18-10-12-6-3-2-4-7-12/h2-4,6-7,15H,1,5,8-10,14H2. The molecule has 1 aromatic rings. The molecule has 0 aliphatic rings. The Morgan fingerprint density at radius 3 is 2.67 bits per heavy atom. The molecule has 0 atom stereocenters. The summed E-state index contributed by atoms with van der Waals surface area (Å²) in [5.74, 6) is 5.10. The van der Waals surface area contributed by atoms with Gasteiger partial charge < -0.3 is 9.47 Å².